The maximum atomic E-state index is 11.8. The minimum absolute atomic E-state index is 0.00501. The molecule has 1 heterocycles. The highest BCUT2D eigenvalue weighted by atomic mass is 32.2. The van der Waals surface area contributed by atoms with Gasteiger partial charge in [0, 0.05) is 24.0 Å². The monoisotopic (exact) mass is 298 g/mol. The highest BCUT2D eigenvalue weighted by Crippen LogP contribution is 2.42. The molecule has 1 aliphatic heterocycles. The first-order valence-corrected chi connectivity index (χ1v) is 8.55. The first-order valence-electron chi connectivity index (χ1n) is 6.49. The quantitative estimate of drug-likeness (QED) is 0.893. The molecule has 0 saturated heterocycles. The molecule has 1 atom stereocenters. The van der Waals surface area contributed by atoms with E-state index in [0.717, 1.165) is 0 Å². The highest BCUT2D eigenvalue weighted by molar-refractivity contribution is 7.90. The number of rotatable bonds is 5. The van der Waals surface area contributed by atoms with E-state index in [0.29, 0.717) is 37.2 Å². The van der Waals surface area contributed by atoms with Crippen molar-refractivity contribution in [3.63, 3.8) is 0 Å². The van der Waals surface area contributed by atoms with Crippen LogP contribution >= 0.6 is 0 Å². The standard InChI is InChI=1S/C14H18O5S/c1-20(17,18)10-4-7-14(13(15)16)8-9-19-12-6-3-2-5-11(12)14/h2-3,5-6H,4,7-10H2,1H3,(H,15,16). The number of carboxylic acids is 1. The third-order valence-corrected chi connectivity index (χ3v) is 4.75. The van der Waals surface area contributed by atoms with Crippen molar-refractivity contribution in [3.05, 3.63) is 29.8 Å². The van der Waals surface area contributed by atoms with Gasteiger partial charge in [-0.2, -0.15) is 0 Å². The Labute approximate surface area is 118 Å². The van der Waals surface area contributed by atoms with Gasteiger partial charge >= 0.3 is 5.97 Å². The Morgan fingerprint density at radius 3 is 2.75 bits per heavy atom. The minimum atomic E-state index is -3.08. The van der Waals surface area contributed by atoms with Gasteiger partial charge in [-0.3, -0.25) is 4.79 Å². The Hall–Kier alpha value is -1.56. The molecule has 1 unspecified atom stereocenters. The van der Waals surface area contributed by atoms with E-state index in [1.54, 1.807) is 24.3 Å². The normalized spacial score (nSPS) is 21.9. The Morgan fingerprint density at radius 1 is 1.40 bits per heavy atom. The maximum absolute atomic E-state index is 11.8. The number of carboxylic acid groups (broad SMARTS) is 1. The van der Waals surface area contributed by atoms with Crippen LogP contribution in [0.5, 0.6) is 5.75 Å². The Bertz CT molecular complexity index is 608. The maximum Gasteiger partial charge on any atom is 0.314 e. The van der Waals surface area contributed by atoms with E-state index in [-0.39, 0.29) is 5.75 Å². The SMILES string of the molecule is CS(=O)(=O)CCCC1(C(=O)O)CCOc2ccccc21. The molecular weight excluding hydrogens is 280 g/mol. The van der Waals surface area contributed by atoms with Crippen LogP contribution in [-0.2, 0) is 20.0 Å². The molecule has 0 aliphatic carbocycles. The van der Waals surface area contributed by atoms with Crippen molar-refractivity contribution in [3.8, 4) is 5.75 Å². The molecule has 0 aromatic heterocycles. The molecule has 2 rings (SSSR count). The summed E-state index contributed by atoms with van der Waals surface area (Å²) in [4.78, 5) is 11.8. The van der Waals surface area contributed by atoms with Gasteiger partial charge in [-0.1, -0.05) is 18.2 Å². The summed E-state index contributed by atoms with van der Waals surface area (Å²) in [6, 6.07) is 7.08. The van der Waals surface area contributed by atoms with Crippen molar-refractivity contribution in [1.82, 2.24) is 0 Å². The Morgan fingerprint density at radius 2 is 2.10 bits per heavy atom. The molecule has 110 valence electrons. The molecule has 0 fully saturated rings. The lowest BCUT2D eigenvalue weighted by atomic mass is 9.73. The molecule has 0 bridgehead atoms. The number of ether oxygens (including phenoxy) is 1. The Balaban J connectivity index is 2.30. The number of benzene rings is 1. The summed E-state index contributed by atoms with van der Waals surface area (Å²) >= 11 is 0. The first-order chi connectivity index (χ1) is 9.35. The van der Waals surface area contributed by atoms with Crippen LogP contribution in [0.1, 0.15) is 24.8 Å². The van der Waals surface area contributed by atoms with Gasteiger partial charge in [0.25, 0.3) is 0 Å². The predicted octanol–water partition coefficient (Wildman–Crippen LogP) is 1.62. The van der Waals surface area contributed by atoms with Crippen LogP contribution < -0.4 is 4.74 Å². The molecule has 1 aliphatic rings. The third-order valence-electron chi connectivity index (χ3n) is 3.72. The molecule has 0 spiro atoms. The second-order valence-electron chi connectivity index (χ2n) is 5.22. The molecule has 6 heteroatoms. The van der Waals surface area contributed by atoms with E-state index in [4.69, 9.17) is 4.74 Å². The molecule has 1 N–H and O–H groups in total. The van der Waals surface area contributed by atoms with E-state index >= 15 is 0 Å². The number of carbonyl (C=O) groups is 1. The fourth-order valence-corrected chi connectivity index (χ4v) is 3.35. The van der Waals surface area contributed by atoms with E-state index in [2.05, 4.69) is 0 Å². The van der Waals surface area contributed by atoms with Crippen molar-refractivity contribution in [2.24, 2.45) is 0 Å². The van der Waals surface area contributed by atoms with E-state index in [1.807, 2.05) is 0 Å². The van der Waals surface area contributed by atoms with E-state index < -0.39 is 21.2 Å². The number of hydrogen-bond acceptors (Lipinski definition) is 4. The zero-order chi connectivity index (χ0) is 14.8. The van der Waals surface area contributed by atoms with Crippen LogP contribution in [0, 0.1) is 0 Å². The second kappa shape index (κ2) is 5.44. The van der Waals surface area contributed by atoms with Gasteiger partial charge in [0.15, 0.2) is 0 Å². The summed E-state index contributed by atoms with van der Waals surface area (Å²) in [5.41, 5.74) is -0.397. The number of hydrogen-bond donors (Lipinski definition) is 1. The zero-order valence-corrected chi connectivity index (χ0v) is 12.1. The predicted molar refractivity (Wildman–Crippen MR) is 74.8 cm³/mol. The van der Waals surface area contributed by atoms with Gasteiger partial charge in [-0.25, -0.2) is 8.42 Å². The van der Waals surface area contributed by atoms with Crippen molar-refractivity contribution < 1.29 is 23.1 Å². The topological polar surface area (TPSA) is 80.7 Å². The molecule has 5 nitrogen and oxygen atoms in total. The molecule has 0 amide bonds. The van der Waals surface area contributed by atoms with Crippen LogP contribution in [0.3, 0.4) is 0 Å². The molecule has 20 heavy (non-hydrogen) atoms. The van der Waals surface area contributed by atoms with Gasteiger partial charge in [0.2, 0.25) is 0 Å². The van der Waals surface area contributed by atoms with Crippen LogP contribution in [0.15, 0.2) is 24.3 Å². The summed E-state index contributed by atoms with van der Waals surface area (Å²) in [6.45, 7) is 0.336. The van der Waals surface area contributed by atoms with Gasteiger partial charge in [-0.15, -0.1) is 0 Å². The number of sulfone groups is 1. The van der Waals surface area contributed by atoms with Gasteiger partial charge in [0.05, 0.1) is 12.0 Å². The summed E-state index contributed by atoms with van der Waals surface area (Å²) in [5, 5.41) is 9.66. The molecule has 0 radical (unpaired) electrons. The molecular formula is C14H18O5S. The fourth-order valence-electron chi connectivity index (χ4n) is 2.68. The lowest BCUT2D eigenvalue weighted by Crippen LogP contribution is -2.40. The number of fused-ring (bicyclic) bond motifs is 1. The van der Waals surface area contributed by atoms with Crippen molar-refractivity contribution in [2.75, 3.05) is 18.6 Å². The largest absolute Gasteiger partial charge is 0.493 e. The van der Waals surface area contributed by atoms with Crippen LogP contribution in [0.25, 0.3) is 0 Å². The van der Waals surface area contributed by atoms with Crippen LogP contribution in [-0.4, -0.2) is 38.1 Å². The number of para-hydroxylation sites is 1. The smallest absolute Gasteiger partial charge is 0.314 e. The average molecular weight is 298 g/mol. The fraction of sp³-hybridized carbons (Fsp3) is 0.500. The van der Waals surface area contributed by atoms with Gasteiger partial charge in [0.1, 0.15) is 15.6 Å². The van der Waals surface area contributed by atoms with Gasteiger partial charge < -0.3 is 9.84 Å². The summed E-state index contributed by atoms with van der Waals surface area (Å²) < 4.78 is 27.9. The average Bonchev–Trinajstić information content (AvgIpc) is 2.37. The third kappa shape index (κ3) is 2.95. The summed E-state index contributed by atoms with van der Waals surface area (Å²) in [6.07, 6.45) is 2.16. The highest BCUT2D eigenvalue weighted by Gasteiger charge is 2.44. The van der Waals surface area contributed by atoms with Gasteiger partial charge in [-0.05, 0) is 18.9 Å². The van der Waals surface area contributed by atoms with Crippen LogP contribution in [0.4, 0.5) is 0 Å². The van der Waals surface area contributed by atoms with Crippen LogP contribution in [0.2, 0.25) is 0 Å². The second-order valence-corrected chi connectivity index (χ2v) is 7.48. The zero-order valence-electron chi connectivity index (χ0n) is 11.3. The number of aliphatic carboxylic acids is 1. The molecule has 1 aromatic rings. The lowest BCUT2D eigenvalue weighted by molar-refractivity contribution is -0.145. The van der Waals surface area contributed by atoms with Crippen molar-refractivity contribution in [2.45, 2.75) is 24.7 Å². The Kier molecular flexibility index (Phi) is 4.04. The van der Waals surface area contributed by atoms with Crippen molar-refractivity contribution >= 4 is 15.8 Å². The summed E-state index contributed by atoms with van der Waals surface area (Å²) in [5.74, 6) is -0.326. The first kappa shape index (κ1) is 14.8. The summed E-state index contributed by atoms with van der Waals surface area (Å²) in [7, 11) is -3.08. The van der Waals surface area contributed by atoms with Crippen molar-refractivity contribution in [1.29, 1.82) is 0 Å². The van der Waals surface area contributed by atoms with E-state index in [9.17, 15) is 18.3 Å². The lowest BCUT2D eigenvalue weighted by Gasteiger charge is -2.35. The molecule has 0 saturated carbocycles. The molecule has 1 aromatic carbocycles. The minimum Gasteiger partial charge on any atom is -0.493 e. The van der Waals surface area contributed by atoms with E-state index in [1.165, 1.54) is 6.26 Å².